The molecule has 134 valence electrons. The van der Waals surface area contributed by atoms with Crippen LogP contribution in [0.25, 0.3) is 10.9 Å². The third-order valence-electron chi connectivity index (χ3n) is 3.98. The molecule has 1 amide bonds. The first-order valence-electron chi connectivity index (χ1n) is 8.21. The van der Waals surface area contributed by atoms with Crippen LogP contribution in [0.2, 0.25) is 5.02 Å². The fourth-order valence-electron chi connectivity index (χ4n) is 3.00. The predicted molar refractivity (Wildman–Crippen MR) is 104 cm³/mol. The van der Waals surface area contributed by atoms with Crippen LogP contribution >= 0.6 is 27.5 Å². The van der Waals surface area contributed by atoms with Crippen LogP contribution in [-0.4, -0.2) is 35.8 Å². The number of aromatic nitrogens is 1. The summed E-state index contributed by atoms with van der Waals surface area (Å²) in [5, 5.41) is 4.56. The molecule has 3 rings (SSSR count). The zero-order valence-corrected chi connectivity index (χ0v) is 16.8. The molecule has 0 radical (unpaired) electrons. The lowest BCUT2D eigenvalue weighted by molar-refractivity contribution is 0.0509. The van der Waals surface area contributed by atoms with Crippen LogP contribution in [0.1, 0.15) is 27.2 Å². The number of alkyl carbamates (subject to hydrolysis) is 1. The Morgan fingerprint density at radius 1 is 1.44 bits per heavy atom. The Morgan fingerprint density at radius 2 is 2.20 bits per heavy atom. The average Bonchev–Trinajstić information content (AvgIpc) is 2.92. The number of pyridine rings is 1. The van der Waals surface area contributed by atoms with Crippen molar-refractivity contribution in [2.45, 2.75) is 38.8 Å². The maximum absolute atomic E-state index is 12.0. The maximum Gasteiger partial charge on any atom is 0.407 e. The van der Waals surface area contributed by atoms with E-state index in [9.17, 15) is 4.79 Å². The SMILES string of the molecule is CC(C)(C)OC(=O)N[C@@H]1CCN(c2c(Cl)cnc3ccc(Br)cc23)C1. The second-order valence-electron chi connectivity index (χ2n) is 7.19. The lowest BCUT2D eigenvalue weighted by atomic mass is 10.1. The third-order valence-corrected chi connectivity index (χ3v) is 4.75. The summed E-state index contributed by atoms with van der Waals surface area (Å²) < 4.78 is 6.32. The van der Waals surface area contributed by atoms with Gasteiger partial charge in [0.05, 0.1) is 22.3 Å². The summed E-state index contributed by atoms with van der Waals surface area (Å²) in [5.74, 6) is 0. The van der Waals surface area contributed by atoms with Crippen LogP contribution in [0.3, 0.4) is 0 Å². The molecule has 7 heteroatoms. The molecule has 0 saturated carbocycles. The quantitative estimate of drug-likeness (QED) is 0.752. The average molecular weight is 427 g/mol. The number of carbonyl (C=O) groups excluding carboxylic acids is 1. The highest BCUT2D eigenvalue weighted by molar-refractivity contribution is 9.10. The first kappa shape index (κ1) is 18.3. The monoisotopic (exact) mass is 425 g/mol. The van der Waals surface area contributed by atoms with Gasteiger partial charge in [0, 0.05) is 29.1 Å². The van der Waals surface area contributed by atoms with Crippen LogP contribution in [0.4, 0.5) is 10.5 Å². The number of carbonyl (C=O) groups is 1. The molecule has 1 fully saturated rings. The minimum atomic E-state index is -0.501. The van der Waals surface area contributed by atoms with Gasteiger partial charge in [0.15, 0.2) is 0 Å². The summed E-state index contributed by atoms with van der Waals surface area (Å²) >= 11 is 9.95. The summed E-state index contributed by atoms with van der Waals surface area (Å²) in [7, 11) is 0. The molecule has 1 aromatic carbocycles. The van der Waals surface area contributed by atoms with E-state index in [1.807, 2.05) is 39.0 Å². The summed E-state index contributed by atoms with van der Waals surface area (Å²) in [6.45, 7) is 7.06. The van der Waals surface area contributed by atoms with E-state index in [0.29, 0.717) is 11.6 Å². The summed E-state index contributed by atoms with van der Waals surface area (Å²) in [6.07, 6.45) is 2.14. The van der Waals surface area contributed by atoms with Crippen LogP contribution in [0, 0.1) is 0 Å². The van der Waals surface area contributed by atoms with Gasteiger partial charge in [0.25, 0.3) is 0 Å². The standard InChI is InChI=1S/C18H21BrClN3O2/c1-18(2,3)25-17(24)22-12-6-7-23(10-12)16-13-8-11(19)4-5-15(13)21-9-14(16)20/h4-5,8-9,12H,6-7,10H2,1-3H3,(H,22,24)/t12-/m1/s1. The number of benzene rings is 1. The highest BCUT2D eigenvalue weighted by atomic mass is 79.9. The van der Waals surface area contributed by atoms with Gasteiger partial charge in [0.1, 0.15) is 5.60 Å². The fourth-order valence-corrected chi connectivity index (χ4v) is 3.63. The van der Waals surface area contributed by atoms with Crippen molar-refractivity contribution in [3.05, 3.63) is 33.9 Å². The van der Waals surface area contributed by atoms with Gasteiger partial charge in [0.2, 0.25) is 0 Å². The molecule has 1 aliphatic rings. The number of nitrogens with zero attached hydrogens (tertiary/aromatic N) is 2. The Kier molecular flexibility index (Phi) is 5.11. The number of rotatable bonds is 2. The van der Waals surface area contributed by atoms with Gasteiger partial charge < -0.3 is 15.0 Å². The molecule has 0 spiro atoms. The first-order valence-corrected chi connectivity index (χ1v) is 9.38. The topological polar surface area (TPSA) is 54.5 Å². The Labute approximate surface area is 160 Å². The molecule has 1 atom stereocenters. The lowest BCUT2D eigenvalue weighted by Gasteiger charge is -2.23. The van der Waals surface area contributed by atoms with E-state index in [2.05, 4.69) is 31.1 Å². The molecular weight excluding hydrogens is 406 g/mol. The zero-order chi connectivity index (χ0) is 18.2. The Bertz CT molecular complexity index is 801. The van der Waals surface area contributed by atoms with Gasteiger partial charge in [-0.2, -0.15) is 0 Å². The van der Waals surface area contributed by atoms with E-state index in [0.717, 1.165) is 34.0 Å². The van der Waals surface area contributed by atoms with Crippen molar-refractivity contribution in [3.63, 3.8) is 0 Å². The molecule has 2 heterocycles. The van der Waals surface area contributed by atoms with E-state index >= 15 is 0 Å². The van der Waals surface area contributed by atoms with Crippen LogP contribution in [0.15, 0.2) is 28.9 Å². The first-order chi connectivity index (χ1) is 11.7. The van der Waals surface area contributed by atoms with Crippen molar-refractivity contribution in [1.29, 1.82) is 0 Å². The van der Waals surface area contributed by atoms with Gasteiger partial charge in [-0.05, 0) is 45.4 Å². The molecule has 5 nitrogen and oxygen atoms in total. The molecule has 2 aromatic rings. The van der Waals surface area contributed by atoms with Gasteiger partial charge in [-0.3, -0.25) is 4.98 Å². The molecule has 1 aromatic heterocycles. The smallest absolute Gasteiger partial charge is 0.407 e. The van der Waals surface area contributed by atoms with E-state index in [4.69, 9.17) is 16.3 Å². The van der Waals surface area contributed by atoms with Crippen LogP contribution in [-0.2, 0) is 4.74 Å². The van der Waals surface area contributed by atoms with Crippen molar-refractivity contribution in [1.82, 2.24) is 10.3 Å². The Balaban J connectivity index is 1.78. The van der Waals surface area contributed by atoms with E-state index in [1.54, 1.807) is 6.20 Å². The number of fused-ring (bicyclic) bond motifs is 1. The second kappa shape index (κ2) is 7.00. The van der Waals surface area contributed by atoms with Gasteiger partial charge in [-0.1, -0.05) is 27.5 Å². The van der Waals surface area contributed by atoms with Gasteiger partial charge >= 0.3 is 6.09 Å². The van der Waals surface area contributed by atoms with Crippen molar-refractivity contribution in [2.24, 2.45) is 0 Å². The normalized spacial score (nSPS) is 17.8. The summed E-state index contributed by atoms with van der Waals surface area (Å²) in [6, 6.07) is 5.98. The van der Waals surface area contributed by atoms with Crippen molar-refractivity contribution < 1.29 is 9.53 Å². The molecular formula is C18H21BrClN3O2. The largest absolute Gasteiger partial charge is 0.444 e. The van der Waals surface area contributed by atoms with Gasteiger partial charge in [-0.25, -0.2) is 4.79 Å². The fraction of sp³-hybridized carbons (Fsp3) is 0.444. The Morgan fingerprint density at radius 3 is 2.92 bits per heavy atom. The number of hydrogen-bond donors (Lipinski definition) is 1. The molecule has 1 N–H and O–H groups in total. The van der Waals surface area contributed by atoms with Crippen molar-refractivity contribution in [2.75, 3.05) is 18.0 Å². The van der Waals surface area contributed by atoms with Crippen molar-refractivity contribution >= 4 is 50.2 Å². The molecule has 1 saturated heterocycles. The van der Waals surface area contributed by atoms with E-state index in [1.165, 1.54) is 0 Å². The zero-order valence-electron chi connectivity index (χ0n) is 14.5. The predicted octanol–water partition coefficient (Wildman–Crippen LogP) is 4.75. The van der Waals surface area contributed by atoms with Crippen molar-refractivity contribution in [3.8, 4) is 0 Å². The van der Waals surface area contributed by atoms with Gasteiger partial charge in [-0.15, -0.1) is 0 Å². The minimum Gasteiger partial charge on any atom is -0.444 e. The lowest BCUT2D eigenvalue weighted by Crippen LogP contribution is -2.40. The highest BCUT2D eigenvalue weighted by Gasteiger charge is 2.28. The van der Waals surface area contributed by atoms with Crippen LogP contribution in [0.5, 0.6) is 0 Å². The number of anilines is 1. The third kappa shape index (κ3) is 4.36. The molecule has 0 unspecified atom stereocenters. The number of hydrogen-bond acceptors (Lipinski definition) is 4. The van der Waals surface area contributed by atoms with Crippen LogP contribution < -0.4 is 10.2 Å². The number of amides is 1. The number of nitrogens with one attached hydrogen (secondary N) is 1. The second-order valence-corrected chi connectivity index (χ2v) is 8.52. The number of halogens is 2. The Hall–Kier alpha value is -1.53. The summed E-state index contributed by atoms with van der Waals surface area (Å²) in [5.41, 5.74) is 1.35. The molecule has 1 aliphatic heterocycles. The van der Waals surface area contributed by atoms with E-state index < -0.39 is 5.60 Å². The van der Waals surface area contributed by atoms with E-state index in [-0.39, 0.29) is 12.1 Å². The maximum atomic E-state index is 12.0. The molecule has 25 heavy (non-hydrogen) atoms. The molecule has 0 bridgehead atoms. The highest BCUT2D eigenvalue weighted by Crippen LogP contribution is 2.36. The number of ether oxygens (including phenoxy) is 1. The molecule has 0 aliphatic carbocycles. The summed E-state index contributed by atoms with van der Waals surface area (Å²) in [4.78, 5) is 18.6. The minimum absolute atomic E-state index is 0.0290.